The molecule has 6 heteroatoms. The largest absolute Gasteiger partial charge is 0.493 e. The average Bonchev–Trinajstić information content (AvgIpc) is 2.87. The molecule has 0 bridgehead atoms. The first-order valence-electron chi connectivity index (χ1n) is 5.81. The molecule has 0 amide bonds. The standard InChI is InChI=1S/C13H15ClN2O2S/c1-8(14)13-16-15-12(19-13)7-9-4-5-10(17-2)11(6-9)18-3/h4-6,8H,7H2,1-3H3. The second-order valence-electron chi connectivity index (χ2n) is 4.02. The zero-order valence-electron chi connectivity index (χ0n) is 11.0. The quantitative estimate of drug-likeness (QED) is 0.793. The van der Waals surface area contributed by atoms with Crippen LogP contribution in [0.2, 0.25) is 0 Å². The van der Waals surface area contributed by atoms with Gasteiger partial charge in [-0.2, -0.15) is 0 Å². The first-order valence-corrected chi connectivity index (χ1v) is 7.06. The molecule has 1 unspecified atom stereocenters. The molecule has 0 saturated heterocycles. The average molecular weight is 299 g/mol. The highest BCUT2D eigenvalue weighted by molar-refractivity contribution is 7.11. The fourth-order valence-corrected chi connectivity index (χ4v) is 2.65. The predicted molar refractivity (Wildman–Crippen MR) is 76.5 cm³/mol. The van der Waals surface area contributed by atoms with Crippen molar-refractivity contribution in [3.05, 3.63) is 33.8 Å². The van der Waals surface area contributed by atoms with E-state index in [4.69, 9.17) is 21.1 Å². The van der Waals surface area contributed by atoms with Gasteiger partial charge < -0.3 is 9.47 Å². The van der Waals surface area contributed by atoms with Gasteiger partial charge in [0.25, 0.3) is 0 Å². The minimum Gasteiger partial charge on any atom is -0.493 e. The molecule has 1 aromatic carbocycles. The van der Waals surface area contributed by atoms with Crippen molar-refractivity contribution in [3.8, 4) is 11.5 Å². The minimum atomic E-state index is -0.100. The number of hydrogen-bond donors (Lipinski definition) is 0. The summed E-state index contributed by atoms with van der Waals surface area (Å²) in [5.74, 6) is 1.44. The van der Waals surface area contributed by atoms with Gasteiger partial charge in [-0.3, -0.25) is 0 Å². The summed E-state index contributed by atoms with van der Waals surface area (Å²) in [5.41, 5.74) is 1.10. The second-order valence-corrected chi connectivity index (χ2v) is 5.76. The van der Waals surface area contributed by atoms with Crippen molar-refractivity contribution in [2.24, 2.45) is 0 Å². The lowest BCUT2D eigenvalue weighted by Crippen LogP contribution is -1.93. The van der Waals surface area contributed by atoms with E-state index in [-0.39, 0.29) is 5.38 Å². The van der Waals surface area contributed by atoms with Crippen molar-refractivity contribution >= 4 is 22.9 Å². The lowest BCUT2D eigenvalue weighted by molar-refractivity contribution is 0.354. The van der Waals surface area contributed by atoms with Crippen LogP contribution < -0.4 is 9.47 Å². The van der Waals surface area contributed by atoms with Crippen LogP contribution in [0.4, 0.5) is 0 Å². The van der Waals surface area contributed by atoms with Crippen LogP contribution in [-0.4, -0.2) is 24.4 Å². The van der Waals surface area contributed by atoms with Crippen LogP contribution in [0.3, 0.4) is 0 Å². The third kappa shape index (κ3) is 3.36. The molecule has 0 aliphatic carbocycles. The molecule has 1 heterocycles. The van der Waals surface area contributed by atoms with Gasteiger partial charge in [0.1, 0.15) is 10.0 Å². The molecule has 0 spiro atoms. The van der Waals surface area contributed by atoms with Gasteiger partial charge in [0, 0.05) is 6.42 Å². The number of rotatable bonds is 5. The van der Waals surface area contributed by atoms with Gasteiger partial charge in [-0.15, -0.1) is 21.8 Å². The second kappa shape index (κ2) is 6.21. The Kier molecular flexibility index (Phi) is 4.61. The molecule has 0 aliphatic rings. The van der Waals surface area contributed by atoms with E-state index in [0.29, 0.717) is 6.42 Å². The van der Waals surface area contributed by atoms with Gasteiger partial charge in [0.15, 0.2) is 11.5 Å². The summed E-state index contributed by atoms with van der Waals surface area (Å²) in [6.07, 6.45) is 0.710. The number of benzene rings is 1. The highest BCUT2D eigenvalue weighted by Gasteiger charge is 2.11. The summed E-state index contributed by atoms with van der Waals surface area (Å²) in [4.78, 5) is 0. The molecule has 0 fully saturated rings. The normalized spacial score (nSPS) is 12.2. The maximum atomic E-state index is 5.98. The van der Waals surface area contributed by atoms with E-state index in [1.807, 2.05) is 25.1 Å². The zero-order valence-corrected chi connectivity index (χ0v) is 12.6. The van der Waals surface area contributed by atoms with E-state index in [1.54, 1.807) is 14.2 Å². The van der Waals surface area contributed by atoms with E-state index in [0.717, 1.165) is 27.1 Å². The number of nitrogens with zero attached hydrogens (tertiary/aromatic N) is 2. The van der Waals surface area contributed by atoms with Crippen molar-refractivity contribution in [2.75, 3.05) is 14.2 Å². The number of aromatic nitrogens is 2. The molecule has 0 aliphatic heterocycles. The summed E-state index contributed by atoms with van der Waals surface area (Å²) >= 11 is 7.51. The summed E-state index contributed by atoms with van der Waals surface area (Å²) in [6, 6.07) is 5.83. The summed E-state index contributed by atoms with van der Waals surface area (Å²) in [7, 11) is 3.25. The maximum absolute atomic E-state index is 5.98. The molecule has 19 heavy (non-hydrogen) atoms. The molecule has 2 rings (SSSR count). The number of ether oxygens (including phenoxy) is 2. The Bertz CT molecular complexity index is 557. The van der Waals surface area contributed by atoms with Crippen LogP contribution >= 0.6 is 22.9 Å². The van der Waals surface area contributed by atoms with Crippen molar-refractivity contribution in [2.45, 2.75) is 18.7 Å². The van der Waals surface area contributed by atoms with Crippen molar-refractivity contribution in [3.63, 3.8) is 0 Å². The zero-order chi connectivity index (χ0) is 13.8. The molecule has 2 aromatic rings. The molecule has 1 atom stereocenters. The fraction of sp³-hybridized carbons (Fsp3) is 0.385. The highest BCUT2D eigenvalue weighted by Crippen LogP contribution is 2.29. The summed E-state index contributed by atoms with van der Waals surface area (Å²) in [5, 5.41) is 9.90. The number of methoxy groups -OCH3 is 2. The molecule has 1 aromatic heterocycles. The smallest absolute Gasteiger partial charge is 0.160 e. The Morgan fingerprint density at radius 2 is 1.95 bits per heavy atom. The third-order valence-electron chi connectivity index (χ3n) is 2.63. The molecular formula is C13H15ClN2O2S. The minimum absolute atomic E-state index is 0.100. The Morgan fingerprint density at radius 3 is 2.53 bits per heavy atom. The monoisotopic (exact) mass is 298 g/mol. The SMILES string of the molecule is COc1ccc(Cc2nnc(C(C)Cl)s2)cc1OC. The van der Waals surface area contributed by atoms with Crippen LogP contribution in [0.5, 0.6) is 11.5 Å². The van der Waals surface area contributed by atoms with E-state index >= 15 is 0 Å². The highest BCUT2D eigenvalue weighted by atomic mass is 35.5. The third-order valence-corrected chi connectivity index (χ3v) is 4.07. The van der Waals surface area contributed by atoms with E-state index in [2.05, 4.69) is 10.2 Å². The van der Waals surface area contributed by atoms with Crippen molar-refractivity contribution in [1.29, 1.82) is 0 Å². The molecule has 0 saturated carbocycles. The Balaban J connectivity index is 2.18. The van der Waals surface area contributed by atoms with Crippen LogP contribution in [0.15, 0.2) is 18.2 Å². The fourth-order valence-electron chi connectivity index (χ4n) is 1.66. The van der Waals surface area contributed by atoms with Crippen molar-refractivity contribution < 1.29 is 9.47 Å². The van der Waals surface area contributed by atoms with Gasteiger partial charge >= 0.3 is 0 Å². The lowest BCUT2D eigenvalue weighted by Gasteiger charge is -2.08. The molecular weight excluding hydrogens is 284 g/mol. The van der Waals surface area contributed by atoms with Crippen LogP contribution in [0.25, 0.3) is 0 Å². The molecule has 0 N–H and O–H groups in total. The van der Waals surface area contributed by atoms with Crippen LogP contribution in [0.1, 0.15) is 27.9 Å². The van der Waals surface area contributed by atoms with E-state index < -0.39 is 0 Å². The maximum Gasteiger partial charge on any atom is 0.160 e. The van der Waals surface area contributed by atoms with E-state index in [1.165, 1.54) is 11.3 Å². The van der Waals surface area contributed by atoms with Crippen LogP contribution in [0, 0.1) is 0 Å². The topological polar surface area (TPSA) is 44.2 Å². The number of alkyl halides is 1. The Labute approximate surface area is 121 Å². The molecule has 4 nitrogen and oxygen atoms in total. The first-order chi connectivity index (χ1) is 9.13. The summed E-state index contributed by atoms with van der Waals surface area (Å²) in [6.45, 7) is 1.89. The van der Waals surface area contributed by atoms with Crippen LogP contribution in [-0.2, 0) is 6.42 Å². The van der Waals surface area contributed by atoms with Crippen molar-refractivity contribution in [1.82, 2.24) is 10.2 Å². The Morgan fingerprint density at radius 1 is 1.21 bits per heavy atom. The molecule has 0 radical (unpaired) electrons. The molecule has 102 valence electrons. The van der Waals surface area contributed by atoms with Gasteiger partial charge in [-0.1, -0.05) is 17.4 Å². The van der Waals surface area contributed by atoms with Gasteiger partial charge in [0.05, 0.1) is 19.6 Å². The number of halogens is 1. The first kappa shape index (κ1) is 14.1. The lowest BCUT2D eigenvalue weighted by atomic mass is 10.1. The van der Waals surface area contributed by atoms with E-state index in [9.17, 15) is 0 Å². The van der Waals surface area contributed by atoms with Gasteiger partial charge in [-0.25, -0.2) is 0 Å². The number of hydrogen-bond acceptors (Lipinski definition) is 5. The van der Waals surface area contributed by atoms with Gasteiger partial charge in [0.2, 0.25) is 0 Å². The Hall–Kier alpha value is -1.33. The van der Waals surface area contributed by atoms with Gasteiger partial charge in [-0.05, 0) is 24.6 Å². The summed E-state index contributed by atoms with van der Waals surface area (Å²) < 4.78 is 10.5. The predicted octanol–water partition coefficient (Wildman–Crippen LogP) is 3.45.